The number of aliphatic imine (C=N–C) groups is 1. The van der Waals surface area contributed by atoms with Gasteiger partial charge in [-0.05, 0) is 25.0 Å². The molecule has 0 radical (unpaired) electrons. The Kier molecular flexibility index (Phi) is 14.6. The van der Waals surface area contributed by atoms with Crippen LogP contribution in [0.5, 0.6) is 5.75 Å². The van der Waals surface area contributed by atoms with Crippen LogP contribution in [0.25, 0.3) is 0 Å². The van der Waals surface area contributed by atoms with E-state index < -0.39 is 0 Å². The molecule has 1 aromatic rings. The number of ether oxygens (including phenoxy) is 3. The number of benzene rings is 1. The highest BCUT2D eigenvalue weighted by Crippen LogP contribution is 2.20. The van der Waals surface area contributed by atoms with E-state index in [0.717, 1.165) is 30.3 Å². The monoisotopic (exact) mass is 465 g/mol. The molecule has 25 heavy (non-hydrogen) atoms. The van der Waals surface area contributed by atoms with Gasteiger partial charge in [0.15, 0.2) is 5.96 Å². The minimum Gasteiger partial charge on any atom is -0.493 e. The molecule has 1 rings (SSSR count). The molecule has 0 spiro atoms. The summed E-state index contributed by atoms with van der Waals surface area (Å²) in [6.07, 6.45) is 0.993. The lowest BCUT2D eigenvalue weighted by molar-refractivity contribution is 0.0733. The van der Waals surface area contributed by atoms with Crippen molar-refractivity contribution < 1.29 is 14.2 Å². The number of aryl methyl sites for hydroxylation is 1. The van der Waals surface area contributed by atoms with Crippen LogP contribution in [0.15, 0.2) is 23.2 Å². The maximum atomic E-state index is 5.84. The van der Waals surface area contributed by atoms with Crippen molar-refractivity contribution in [2.75, 3.05) is 47.1 Å². The molecule has 0 fully saturated rings. The third-order valence-electron chi connectivity index (χ3n) is 3.32. The lowest BCUT2D eigenvalue weighted by atomic mass is 10.1. The SMILES string of the molecule is CCCOc1cc(C)ccc1CNC(=NC)NCCOCCOC.I. The molecule has 2 N–H and O–H groups in total. The summed E-state index contributed by atoms with van der Waals surface area (Å²) in [4.78, 5) is 4.22. The first-order chi connectivity index (χ1) is 11.7. The van der Waals surface area contributed by atoms with Crippen LogP contribution in [0.4, 0.5) is 0 Å². The number of hydrogen-bond donors (Lipinski definition) is 2. The molecule has 0 amide bonds. The maximum absolute atomic E-state index is 5.84. The van der Waals surface area contributed by atoms with Crippen LogP contribution in [-0.4, -0.2) is 53.1 Å². The van der Waals surface area contributed by atoms with E-state index >= 15 is 0 Å². The van der Waals surface area contributed by atoms with Gasteiger partial charge < -0.3 is 24.8 Å². The summed E-state index contributed by atoms with van der Waals surface area (Å²) in [6.45, 7) is 8.07. The summed E-state index contributed by atoms with van der Waals surface area (Å²) >= 11 is 0. The van der Waals surface area contributed by atoms with Crippen LogP contribution in [0.3, 0.4) is 0 Å². The second-order valence-electron chi connectivity index (χ2n) is 5.42. The van der Waals surface area contributed by atoms with Gasteiger partial charge in [0.1, 0.15) is 5.75 Å². The molecule has 6 nitrogen and oxygen atoms in total. The van der Waals surface area contributed by atoms with Crippen molar-refractivity contribution in [2.24, 2.45) is 4.99 Å². The Morgan fingerprint density at radius 1 is 1.12 bits per heavy atom. The van der Waals surface area contributed by atoms with Crippen LogP contribution in [0.2, 0.25) is 0 Å². The van der Waals surface area contributed by atoms with Crippen LogP contribution < -0.4 is 15.4 Å². The Morgan fingerprint density at radius 3 is 2.60 bits per heavy atom. The summed E-state index contributed by atoms with van der Waals surface area (Å²) in [7, 11) is 3.42. The van der Waals surface area contributed by atoms with Gasteiger partial charge in [-0.25, -0.2) is 0 Å². The standard InChI is InChI=1S/C18H31N3O3.HI/c1-5-9-24-17-13-15(2)6-7-16(17)14-21-18(19-3)20-8-10-23-12-11-22-4;/h6-7,13H,5,8-12,14H2,1-4H3,(H2,19,20,21);1H. The molecule has 0 saturated heterocycles. The summed E-state index contributed by atoms with van der Waals surface area (Å²) in [5.74, 6) is 1.68. The number of nitrogens with one attached hydrogen (secondary N) is 2. The number of nitrogens with zero attached hydrogens (tertiary/aromatic N) is 1. The van der Waals surface area contributed by atoms with Gasteiger partial charge in [-0.1, -0.05) is 19.1 Å². The number of hydrogen-bond acceptors (Lipinski definition) is 4. The zero-order valence-electron chi connectivity index (χ0n) is 15.8. The second-order valence-corrected chi connectivity index (χ2v) is 5.42. The molecular weight excluding hydrogens is 433 g/mol. The van der Waals surface area contributed by atoms with Crippen molar-refractivity contribution in [3.63, 3.8) is 0 Å². The lowest BCUT2D eigenvalue weighted by Crippen LogP contribution is -2.38. The molecular formula is C18H32IN3O3. The molecule has 0 aliphatic carbocycles. The molecule has 7 heteroatoms. The summed E-state index contributed by atoms with van der Waals surface area (Å²) in [6, 6.07) is 6.26. The first kappa shape index (κ1) is 23.9. The molecule has 0 atom stereocenters. The molecule has 144 valence electrons. The van der Waals surface area contributed by atoms with E-state index in [9.17, 15) is 0 Å². The maximum Gasteiger partial charge on any atom is 0.191 e. The fourth-order valence-corrected chi connectivity index (χ4v) is 2.04. The van der Waals surface area contributed by atoms with Crippen LogP contribution in [0.1, 0.15) is 24.5 Å². The zero-order valence-corrected chi connectivity index (χ0v) is 18.1. The Bertz CT molecular complexity index is 498. The van der Waals surface area contributed by atoms with E-state index in [2.05, 4.69) is 47.7 Å². The van der Waals surface area contributed by atoms with E-state index in [1.165, 1.54) is 5.56 Å². The van der Waals surface area contributed by atoms with E-state index in [-0.39, 0.29) is 24.0 Å². The highest BCUT2D eigenvalue weighted by Gasteiger charge is 2.05. The largest absolute Gasteiger partial charge is 0.493 e. The summed E-state index contributed by atoms with van der Waals surface area (Å²) in [5, 5.41) is 6.53. The quantitative estimate of drug-likeness (QED) is 0.228. The van der Waals surface area contributed by atoms with E-state index in [1.54, 1.807) is 14.2 Å². The topological polar surface area (TPSA) is 64.1 Å². The minimum atomic E-state index is 0. The van der Waals surface area contributed by atoms with Gasteiger partial charge in [-0.2, -0.15) is 0 Å². The third kappa shape index (κ3) is 10.5. The number of rotatable bonds is 11. The van der Waals surface area contributed by atoms with Crippen molar-refractivity contribution in [3.8, 4) is 5.75 Å². The highest BCUT2D eigenvalue weighted by atomic mass is 127. The van der Waals surface area contributed by atoms with E-state index in [0.29, 0.717) is 32.9 Å². The number of methoxy groups -OCH3 is 1. The number of guanidine groups is 1. The molecule has 1 aromatic carbocycles. The fourth-order valence-electron chi connectivity index (χ4n) is 2.04. The summed E-state index contributed by atoms with van der Waals surface area (Å²) < 4.78 is 16.2. The molecule has 0 unspecified atom stereocenters. The normalized spacial score (nSPS) is 11.0. The molecule has 0 heterocycles. The molecule has 0 aliphatic heterocycles. The first-order valence-corrected chi connectivity index (χ1v) is 8.44. The van der Waals surface area contributed by atoms with Gasteiger partial charge in [-0.3, -0.25) is 4.99 Å². The summed E-state index contributed by atoms with van der Waals surface area (Å²) in [5.41, 5.74) is 2.31. The first-order valence-electron chi connectivity index (χ1n) is 8.44. The van der Waals surface area contributed by atoms with Crippen LogP contribution in [0, 0.1) is 6.92 Å². The van der Waals surface area contributed by atoms with Crippen molar-refractivity contribution in [1.82, 2.24) is 10.6 Å². The Labute approximate surface area is 168 Å². The zero-order chi connectivity index (χ0) is 17.6. The predicted molar refractivity (Wildman–Crippen MR) is 113 cm³/mol. The van der Waals surface area contributed by atoms with E-state index in [1.807, 2.05) is 0 Å². The smallest absolute Gasteiger partial charge is 0.191 e. The van der Waals surface area contributed by atoms with Gasteiger partial charge in [0.05, 0.1) is 26.4 Å². The van der Waals surface area contributed by atoms with Crippen molar-refractivity contribution >= 4 is 29.9 Å². The van der Waals surface area contributed by atoms with Crippen LogP contribution >= 0.6 is 24.0 Å². The Morgan fingerprint density at radius 2 is 1.92 bits per heavy atom. The Balaban J connectivity index is 0.00000576. The van der Waals surface area contributed by atoms with Crippen LogP contribution in [-0.2, 0) is 16.0 Å². The van der Waals surface area contributed by atoms with Crippen molar-refractivity contribution in [3.05, 3.63) is 29.3 Å². The fraction of sp³-hybridized carbons (Fsp3) is 0.611. The molecule has 0 saturated carbocycles. The van der Waals surface area contributed by atoms with Gasteiger partial charge in [0, 0.05) is 32.8 Å². The Hall–Kier alpha value is -1.06. The average Bonchev–Trinajstić information content (AvgIpc) is 2.59. The third-order valence-corrected chi connectivity index (χ3v) is 3.32. The predicted octanol–water partition coefficient (Wildman–Crippen LogP) is 2.73. The van der Waals surface area contributed by atoms with Gasteiger partial charge >= 0.3 is 0 Å². The van der Waals surface area contributed by atoms with Gasteiger partial charge in [0.2, 0.25) is 0 Å². The molecule has 0 bridgehead atoms. The van der Waals surface area contributed by atoms with Gasteiger partial charge in [-0.15, -0.1) is 24.0 Å². The minimum absolute atomic E-state index is 0. The van der Waals surface area contributed by atoms with E-state index in [4.69, 9.17) is 14.2 Å². The lowest BCUT2D eigenvalue weighted by Gasteiger charge is -2.15. The molecule has 0 aromatic heterocycles. The highest BCUT2D eigenvalue weighted by molar-refractivity contribution is 14.0. The van der Waals surface area contributed by atoms with Crippen molar-refractivity contribution in [2.45, 2.75) is 26.8 Å². The molecule has 0 aliphatic rings. The van der Waals surface area contributed by atoms with Gasteiger partial charge in [0.25, 0.3) is 0 Å². The van der Waals surface area contributed by atoms with Crippen molar-refractivity contribution in [1.29, 1.82) is 0 Å². The average molecular weight is 465 g/mol. The number of halogens is 1. The second kappa shape index (κ2) is 15.2.